The zero-order valence-electron chi connectivity index (χ0n) is 32.6. The van der Waals surface area contributed by atoms with Crippen LogP contribution in [0.3, 0.4) is 0 Å². The van der Waals surface area contributed by atoms with Gasteiger partial charge in [-0.1, -0.05) is 33.6 Å². The van der Waals surface area contributed by atoms with Crippen molar-refractivity contribution in [3.63, 3.8) is 0 Å². The van der Waals surface area contributed by atoms with Crippen LogP contribution in [0.25, 0.3) is 0 Å². The van der Waals surface area contributed by atoms with Crippen molar-refractivity contribution in [3.8, 4) is 0 Å². The number of nitrogens with one attached hydrogen (secondary N) is 2. The monoisotopic (exact) mass is 735 g/mol. The number of allylic oxidation sites excluding steroid dienone is 11. The average Bonchev–Trinajstić information content (AvgIpc) is 3.89. The molecule has 1 aliphatic carbocycles. The number of carboxylic acid groups (broad SMARTS) is 1. The van der Waals surface area contributed by atoms with Crippen LogP contribution in [0.2, 0.25) is 0 Å². The lowest BCUT2D eigenvalue weighted by Gasteiger charge is -2.18. The number of ketones is 1. The molecule has 1 unspecified atom stereocenters. The van der Waals surface area contributed by atoms with Gasteiger partial charge in [0.2, 0.25) is 5.91 Å². The van der Waals surface area contributed by atoms with Crippen LogP contribution in [-0.4, -0.2) is 64.3 Å². The van der Waals surface area contributed by atoms with Crippen molar-refractivity contribution >= 4 is 34.8 Å². The summed E-state index contributed by atoms with van der Waals surface area (Å²) in [5, 5.41) is 26.7. The number of Topliss-reactive ketones (excluding diaryl/α,β-unsaturated/α-hetero) is 1. The minimum Gasteiger partial charge on any atom is -0.511 e. The van der Waals surface area contributed by atoms with E-state index in [1.54, 1.807) is 0 Å². The summed E-state index contributed by atoms with van der Waals surface area (Å²) < 4.78 is 6.41. The third kappa shape index (κ3) is 7.69. The summed E-state index contributed by atoms with van der Waals surface area (Å²) in [6.07, 6.45) is 10.6. The molecular weight excluding hydrogens is 683 g/mol. The lowest BCUT2D eigenvalue weighted by Crippen LogP contribution is -2.30. The Morgan fingerprint density at radius 3 is 2.43 bits per heavy atom. The van der Waals surface area contributed by atoms with E-state index in [9.17, 15) is 19.5 Å². The molecule has 11 nitrogen and oxygen atoms in total. The fourth-order valence-corrected chi connectivity index (χ4v) is 8.24. The van der Waals surface area contributed by atoms with E-state index in [1.807, 2.05) is 13.0 Å². The fraction of sp³-hybridized carbons (Fsp3) is 0.488. The van der Waals surface area contributed by atoms with Crippen molar-refractivity contribution in [2.45, 2.75) is 112 Å². The predicted molar refractivity (Wildman–Crippen MR) is 211 cm³/mol. The zero-order chi connectivity index (χ0) is 38.8. The van der Waals surface area contributed by atoms with Gasteiger partial charge in [0, 0.05) is 65.8 Å². The molecular formula is C43H53N5O6. The molecule has 0 aromatic rings. The van der Waals surface area contributed by atoms with E-state index in [1.165, 1.54) is 0 Å². The minimum absolute atomic E-state index is 0.0376. The van der Waals surface area contributed by atoms with Gasteiger partial charge in [0.25, 0.3) is 0 Å². The molecule has 3 atom stereocenters. The van der Waals surface area contributed by atoms with E-state index in [2.05, 4.69) is 64.3 Å². The molecule has 1 fully saturated rings. The first-order chi connectivity index (χ1) is 25.8. The van der Waals surface area contributed by atoms with Crippen molar-refractivity contribution in [2.24, 2.45) is 26.8 Å². The van der Waals surface area contributed by atoms with Crippen LogP contribution >= 0.6 is 0 Å². The summed E-state index contributed by atoms with van der Waals surface area (Å²) in [7, 11) is 0. The second-order valence-corrected chi connectivity index (χ2v) is 15.0. The summed E-state index contributed by atoms with van der Waals surface area (Å²) in [6, 6.07) is 0. The summed E-state index contributed by atoms with van der Waals surface area (Å²) in [6.45, 7) is 15.2. The number of amides is 1. The van der Waals surface area contributed by atoms with Gasteiger partial charge in [0.05, 0.1) is 53.3 Å². The van der Waals surface area contributed by atoms with Gasteiger partial charge in [-0.15, -0.1) is 0 Å². The fourth-order valence-electron chi connectivity index (χ4n) is 8.24. The van der Waals surface area contributed by atoms with E-state index in [0.29, 0.717) is 19.4 Å². The molecule has 6 rings (SSSR count). The second-order valence-electron chi connectivity index (χ2n) is 15.0. The van der Waals surface area contributed by atoms with E-state index in [4.69, 9.17) is 24.8 Å². The number of fused-ring (bicyclic) bond motifs is 5. The summed E-state index contributed by atoms with van der Waals surface area (Å²) in [5.74, 6) is -1.53. The highest BCUT2D eigenvalue weighted by Crippen LogP contribution is 2.46. The van der Waals surface area contributed by atoms with Crippen LogP contribution in [0.4, 0.5) is 0 Å². The molecule has 0 aromatic heterocycles. The molecule has 5 heterocycles. The predicted octanol–water partition coefficient (Wildman–Crippen LogP) is 7.58. The van der Waals surface area contributed by atoms with Crippen LogP contribution in [0.15, 0.2) is 106 Å². The third-order valence-electron chi connectivity index (χ3n) is 11.4. The Hall–Kier alpha value is -4.90. The van der Waals surface area contributed by atoms with Crippen LogP contribution < -0.4 is 10.6 Å². The quantitative estimate of drug-likeness (QED) is 0.126. The number of unbranched alkanes of at least 4 members (excludes halogenated alkanes) is 2. The normalized spacial score (nSPS) is 22.4. The van der Waals surface area contributed by atoms with Gasteiger partial charge >= 0.3 is 5.97 Å². The number of hydrogen-bond donors (Lipinski definition) is 4. The first-order valence-electron chi connectivity index (χ1n) is 19.4. The Morgan fingerprint density at radius 2 is 1.70 bits per heavy atom. The van der Waals surface area contributed by atoms with E-state index in [-0.39, 0.29) is 61.2 Å². The molecule has 5 aliphatic heterocycles. The maximum absolute atomic E-state index is 13.0. The summed E-state index contributed by atoms with van der Waals surface area (Å²) in [4.78, 5) is 51.6. The first-order valence-corrected chi connectivity index (χ1v) is 19.4. The highest BCUT2D eigenvalue weighted by atomic mass is 16.5. The lowest BCUT2D eigenvalue weighted by molar-refractivity contribution is -0.138. The number of rotatable bonds is 15. The number of aliphatic imine (C=N–C) groups is 3. The number of aliphatic carboxylic acids is 1. The van der Waals surface area contributed by atoms with Gasteiger partial charge in [-0.2, -0.15) is 0 Å². The Morgan fingerprint density at radius 1 is 0.963 bits per heavy atom. The number of hydrogen-bond acceptors (Lipinski definition) is 9. The molecule has 1 amide bonds. The molecule has 0 aromatic carbocycles. The summed E-state index contributed by atoms with van der Waals surface area (Å²) in [5.41, 5.74) is 13.7. The largest absolute Gasteiger partial charge is 0.511 e. The first kappa shape index (κ1) is 38.8. The Kier molecular flexibility index (Phi) is 11.7. The maximum Gasteiger partial charge on any atom is 0.303 e. The van der Waals surface area contributed by atoms with Gasteiger partial charge in [-0.3, -0.25) is 14.4 Å². The van der Waals surface area contributed by atoms with E-state index < -0.39 is 5.97 Å². The molecule has 286 valence electrons. The SMILES string of the molecule is CCCCCOC(C)C1=C(C)C2=NC1=CC1=NC(=CC3=C(C)C4=C(O)CC(=C5NC(=C2)[C@@H](C)[C@@H]5CCC(=O)NCC(=O)CCC(=O)O)C4=N3)C(CC)=C1C. The lowest BCUT2D eigenvalue weighted by atomic mass is 9.86. The molecule has 1 saturated heterocycles. The number of ether oxygens (including phenoxy) is 1. The Labute approximate surface area is 317 Å². The van der Waals surface area contributed by atoms with E-state index in [0.717, 1.165) is 110 Å². The van der Waals surface area contributed by atoms with Gasteiger partial charge in [-0.25, -0.2) is 15.0 Å². The number of carboxylic acids is 1. The van der Waals surface area contributed by atoms with Gasteiger partial charge in [0.1, 0.15) is 5.76 Å². The van der Waals surface area contributed by atoms with Crippen LogP contribution in [-0.2, 0) is 19.1 Å². The zero-order valence-corrected chi connectivity index (χ0v) is 32.6. The molecule has 54 heavy (non-hydrogen) atoms. The van der Waals surface area contributed by atoms with Crippen LogP contribution in [0.5, 0.6) is 0 Å². The second kappa shape index (κ2) is 16.2. The van der Waals surface area contributed by atoms with Crippen LogP contribution in [0.1, 0.15) is 106 Å². The van der Waals surface area contributed by atoms with Crippen molar-refractivity contribution in [3.05, 3.63) is 91.5 Å². The van der Waals surface area contributed by atoms with Gasteiger partial charge < -0.3 is 25.6 Å². The number of aliphatic hydroxyl groups is 1. The van der Waals surface area contributed by atoms with E-state index >= 15 is 0 Å². The molecule has 0 radical (unpaired) electrons. The van der Waals surface area contributed by atoms with Crippen LogP contribution in [0, 0.1) is 11.8 Å². The van der Waals surface area contributed by atoms with Crippen molar-refractivity contribution in [1.29, 1.82) is 0 Å². The van der Waals surface area contributed by atoms with Crippen molar-refractivity contribution in [1.82, 2.24) is 10.6 Å². The van der Waals surface area contributed by atoms with Crippen molar-refractivity contribution < 1.29 is 29.3 Å². The highest BCUT2D eigenvalue weighted by molar-refractivity contribution is 6.21. The Balaban J connectivity index is 1.41. The number of aliphatic hydroxyl groups excluding tert-OH is 1. The molecule has 4 N–H and O–H groups in total. The molecule has 8 bridgehead atoms. The highest BCUT2D eigenvalue weighted by Gasteiger charge is 2.41. The van der Waals surface area contributed by atoms with Gasteiger partial charge in [0.15, 0.2) is 5.78 Å². The molecule has 11 heteroatoms. The number of carbonyl (C=O) groups excluding carboxylic acids is 2. The molecule has 0 spiro atoms. The van der Waals surface area contributed by atoms with Gasteiger partial charge in [-0.05, 0) is 87.5 Å². The third-order valence-corrected chi connectivity index (χ3v) is 11.4. The summed E-state index contributed by atoms with van der Waals surface area (Å²) >= 11 is 0. The minimum atomic E-state index is -1.05. The maximum atomic E-state index is 13.0. The van der Waals surface area contributed by atoms with Crippen molar-refractivity contribution in [2.75, 3.05) is 13.2 Å². The smallest absolute Gasteiger partial charge is 0.303 e. The standard InChI is InChI=1S/C43H53N5O6/c1-8-10-11-16-54-26(7)40-24(5)33-18-32-23(4)29(13-14-38(51)44-21-27(49)12-15-39(52)53)42(47-32)30-17-37(50)41-25(6)34(48-43(30)41)19-35-28(9-2)22(3)31(45-35)20-36(40)46-33/h18-20,23,26,29,47,50H,8-17,21H2,1-7H3,(H,44,51)(H,52,53)/t23-,26?,29-/m0/s1. The molecule has 0 saturated carbocycles. The number of nitrogens with zero attached hydrogens (tertiary/aromatic N) is 3. The average molecular weight is 736 g/mol. The molecule has 6 aliphatic rings. The number of carbonyl (C=O) groups is 3. The topological polar surface area (TPSA) is 162 Å². The Bertz CT molecular complexity index is 2030.